The summed E-state index contributed by atoms with van der Waals surface area (Å²) in [6, 6.07) is 11.7. The van der Waals surface area contributed by atoms with E-state index in [1.165, 1.54) is 0 Å². The maximum Gasteiger partial charge on any atom is 0.256 e. The fourth-order valence-corrected chi connectivity index (χ4v) is 3.92. The Morgan fingerprint density at radius 2 is 2.06 bits per heavy atom. The number of aromatic nitrogens is 3. The van der Waals surface area contributed by atoms with Gasteiger partial charge in [-0.25, -0.2) is 4.98 Å². The Bertz CT molecular complexity index is 1060. The Morgan fingerprint density at radius 1 is 1.23 bits per heavy atom. The number of carbonyl (C=O) groups excluding carboxylic acids is 1. The van der Waals surface area contributed by atoms with E-state index in [9.17, 15) is 4.79 Å². The van der Waals surface area contributed by atoms with Gasteiger partial charge in [-0.05, 0) is 56.9 Å². The minimum absolute atomic E-state index is 0.222. The van der Waals surface area contributed by atoms with E-state index in [0.29, 0.717) is 23.2 Å². The van der Waals surface area contributed by atoms with Crippen LogP contribution >= 0.6 is 0 Å². The van der Waals surface area contributed by atoms with E-state index in [4.69, 9.17) is 4.74 Å². The molecule has 1 aromatic carbocycles. The summed E-state index contributed by atoms with van der Waals surface area (Å²) in [5.74, 6) is 0.986. The lowest BCUT2D eigenvalue weighted by Gasteiger charge is -2.21. The number of hydrogen-bond acceptors (Lipinski definition) is 6. The smallest absolute Gasteiger partial charge is 0.256 e. The van der Waals surface area contributed by atoms with Crippen LogP contribution in [0.2, 0.25) is 0 Å². The third-order valence-corrected chi connectivity index (χ3v) is 5.81. The van der Waals surface area contributed by atoms with Crippen molar-refractivity contribution in [3.63, 3.8) is 0 Å². The Balaban J connectivity index is 1.48. The largest absolute Gasteiger partial charge is 0.496 e. The number of nitrogens with zero attached hydrogens (tertiary/aromatic N) is 5. The van der Waals surface area contributed by atoms with Gasteiger partial charge in [0.1, 0.15) is 11.6 Å². The molecule has 1 fully saturated rings. The monoisotopic (exact) mass is 420 g/mol. The molecule has 1 amide bonds. The first-order valence-corrected chi connectivity index (χ1v) is 10.3. The third-order valence-electron chi connectivity index (χ3n) is 5.81. The highest BCUT2D eigenvalue weighted by Gasteiger charge is 2.24. The van der Waals surface area contributed by atoms with Gasteiger partial charge in [0.15, 0.2) is 0 Å². The number of ether oxygens (including phenoxy) is 1. The summed E-state index contributed by atoms with van der Waals surface area (Å²) in [7, 11) is 7.70. The summed E-state index contributed by atoms with van der Waals surface area (Å²) >= 11 is 0. The van der Waals surface area contributed by atoms with Crippen LogP contribution < -0.4 is 15.0 Å². The summed E-state index contributed by atoms with van der Waals surface area (Å²) in [5.41, 5.74) is 3.28. The van der Waals surface area contributed by atoms with Gasteiger partial charge in [-0.2, -0.15) is 5.10 Å². The molecule has 0 spiro atoms. The number of pyridine rings is 1. The number of anilines is 2. The molecule has 1 aliphatic rings. The van der Waals surface area contributed by atoms with Crippen molar-refractivity contribution in [1.82, 2.24) is 19.7 Å². The Morgan fingerprint density at radius 3 is 2.68 bits per heavy atom. The van der Waals surface area contributed by atoms with Crippen molar-refractivity contribution in [2.45, 2.75) is 12.5 Å². The predicted molar refractivity (Wildman–Crippen MR) is 122 cm³/mol. The van der Waals surface area contributed by atoms with Crippen LogP contribution in [0.3, 0.4) is 0 Å². The molecule has 31 heavy (non-hydrogen) atoms. The lowest BCUT2D eigenvalue weighted by atomic mass is 10.1. The SMILES string of the molecule is COc1ccc(C(=O)Nc2ccc(N3CCC(N(C)C)C3)cn2)cc1-c1ccnn1C. The lowest BCUT2D eigenvalue weighted by Crippen LogP contribution is -2.31. The molecular weight excluding hydrogens is 392 g/mol. The zero-order valence-corrected chi connectivity index (χ0v) is 18.4. The number of benzene rings is 1. The molecule has 3 aromatic rings. The maximum absolute atomic E-state index is 12.8. The zero-order valence-electron chi connectivity index (χ0n) is 18.4. The van der Waals surface area contributed by atoms with Crippen molar-refractivity contribution in [2.75, 3.05) is 44.5 Å². The van der Waals surface area contributed by atoms with E-state index >= 15 is 0 Å². The summed E-state index contributed by atoms with van der Waals surface area (Å²) < 4.78 is 7.22. The third kappa shape index (κ3) is 4.39. The van der Waals surface area contributed by atoms with E-state index in [2.05, 4.69) is 39.3 Å². The van der Waals surface area contributed by atoms with Crippen molar-refractivity contribution >= 4 is 17.4 Å². The topological polar surface area (TPSA) is 75.5 Å². The molecule has 4 rings (SSSR count). The van der Waals surface area contributed by atoms with Gasteiger partial charge in [-0.3, -0.25) is 9.48 Å². The summed E-state index contributed by atoms with van der Waals surface area (Å²) in [5, 5.41) is 7.10. The minimum atomic E-state index is -0.222. The molecule has 0 aliphatic carbocycles. The molecule has 1 unspecified atom stereocenters. The van der Waals surface area contributed by atoms with Crippen LogP contribution in [0.25, 0.3) is 11.3 Å². The number of rotatable bonds is 6. The number of carbonyl (C=O) groups is 1. The highest BCUT2D eigenvalue weighted by molar-refractivity contribution is 6.04. The first-order chi connectivity index (χ1) is 15.0. The van der Waals surface area contributed by atoms with Crippen LogP contribution in [-0.4, -0.2) is 65.9 Å². The second-order valence-electron chi connectivity index (χ2n) is 7.96. The predicted octanol–water partition coefficient (Wildman–Crippen LogP) is 2.88. The first kappa shape index (κ1) is 20.9. The molecule has 162 valence electrons. The fourth-order valence-electron chi connectivity index (χ4n) is 3.92. The highest BCUT2D eigenvalue weighted by Crippen LogP contribution is 2.30. The average Bonchev–Trinajstić information content (AvgIpc) is 3.43. The van der Waals surface area contributed by atoms with Gasteiger partial charge in [-0.1, -0.05) is 0 Å². The van der Waals surface area contributed by atoms with Crippen molar-refractivity contribution < 1.29 is 9.53 Å². The van der Waals surface area contributed by atoms with E-state index in [1.807, 2.05) is 37.5 Å². The average molecular weight is 421 g/mol. The summed E-state index contributed by atoms with van der Waals surface area (Å²) in [4.78, 5) is 21.9. The van der Waals surface area contributed by atoms with Gasteiger partial charge in [0.05, 0.1) is 24.7 Å². The highest BCUT2D eigenvalue weighted by atomic mass is 16.5. The van der Waals surface area contributed by atoms with Gasteiger partial charge in [0.25, 0.3) is 5.91 Å². The molecular formula is C23H28N6O2. The molecule has 1 N–H and O–H groups in total. The quantitative estimate of drug-likeness (QED) is 0.661. The van der Waals surface area contributed by atoms with Gasteiger partial charge in [0.2, 0.25) is 0 Å². The summed E-state index contributed by atoms with van der Waals surface area (Å²) in [6.45, 7) is 2.00. The van der Waals surface area contributed by atoms with Crippen LogP contribution in [0, 0.1) is 0 Å². The first-order valence-electron chi connectivity index (χ1n) is 10.3. The molecule has 1 aliphatic heterocycles. The number of aryl methyl sites for hydroxylation is 1. The normalized spacial score (nSPS) is 16.0. The van der Waals surface area contributed by atoms with Crippen molar-refractivity contribution in [1.29, 1.82) is 0 Å². The molecule has 3 heterocycles. The Hall–Kier alpha value is -3.39. The van der Waals surface area contributed by atoms with Crippen LogP contribution in [0.1, 0.15) is 16.8 Å². The molecule has 0 bridgehead atoms. The van der Waals surface area contributed by atoms with Crippen molar-refractivity contribution in [3.05, 3.63) is 54.4 Å². The van der Waals surface area contributed by atoms with E-state index < -0.39 is 0 Å². The number of likely N-dealkylation sites (N-methyl/N-ethyl adjacent to an activating group) is 1. The standard InChI is InChI=1S/C23H28N6O2/c1-27(2)18-10-12-29(15-18)17-6-8-22(24-14-17)26-23(30)16-5-7-21(31-4)19(13-16)20-9-11-25-28(20)3/h5-9,11,13-14,18H,10,12,15H2,1-4H3,(H,24,26,30). The Labute approximate surface area is 182 Å². The van der Waals surface area contributed by atoms with Crippen LogP contribution in [-0.2, 0) is 7.05 Å². The fraction of sp³-hybridized carbons (Fsp3) is 0.348. The molecule has 1 saturated heterocycles. The van der Waals surface area contributed by atoms with Crippen LogP contribution in [0.5, 0.6) is 5.75 Å². The van der Waals surface area contributed by atoms with Crippen LogP contribution in [0.15, 0.2) is 48.8 Å². The molecule has 1 atom stereocenters. The van der Waals surface area contributed by atoms with Gasteiger partial charge >= 0.3 is 0 Å². The van der Waals surface area contributed by atoms with Gasteiger partial charge in [-0.15, -0.1) is 0 Å². The van der Waals surface area contributed by atoms with Gasteiger partial charge < -0.3 is 19.9 Å². The van der Waals surface area contributed by atoms with E-state index in [0.717, 1.165) is 36.5 Å². The minimum Gasteiger partial charge on any atom is -0.496 e. The number of nitrogens with one attached hydrogen (secondary N) is 1. The Kier molecular flexibility index (Phi) is 5.90. The zero-order chi connectivity index (χ0) is 22.0. The molecule has 8 nitrogen and oxygen atoms in total. The molecule has 2 aromatic heterocycles. The van der Waals surface area contributed by atoms with Crippen molar-refractivity contribution in [3.8, 4) is 17.0 Å². The van der Waals surface area contributed by atoms with Crippen LogP contribution in [0.4, 0.5) is 11.5 Å². The van der Waals surface area contributed by atoms with E-state index in [1.54, 1.807) is 30.1 Å². The maximum atomic E-state index is 12.8. The molecule has 8 heteroatoms. The second kappa shape index (κ2) is 8.77. The lowest BCUT2D eigenvalue weighted by molar-refractivity contribution is 0.102. The number of hydrogen-bond donors (Lipinski definition) is 1. The van der Waals surface area contributed by atoms with Crippen molar-refractivity contribution in [2.24, 2.45) is 7.05 Å². The number of methoxy groups -OCH3 is 1. The molecule has 0 radical (unpaired) electrons. The van der Waals surface area contributed by atoms with E-state index in [-0.39, 0.29) is 5.91 Å². The molecule has 0 saturated carbocycles. The van der Waals surface area contributed by atoms with Gasteiger partial charge in [0, 0.05) is 43.5 Å². The number of amides is 1. The second-order valence-corrected chi connectivity index (χ2v) is 7.96. The summed E-state index contributed by atoms with van der Waals surface area (Å²) in [6.07, 6.45) is 4.68.